The third kappa shape index (κ3) is 4.82. The number of carbonyl (C=O) groups is 2. The molecule has 1 aliphatic heterocycles. The number of rotatable bonds is 4. The fourth-order valence-electron chi connectivity index (χ4n) is 3.05. The maximum atomic E-state index is 12.6. The number of anilines is 2. The molecule has 0 atom stereocenters. The van der Waals surface area contributed by atoms with Gasteiger partial charge in [-0.05, 0) is 55.3 Å². The minimum atomic E-state index is -0.432. The van der Waals surface area contributed by atoms with Crippen LogP contribution in [0.5, 0.6) is 0 Å². The first-order chi connectivity index (χ1) is 13.0. The summed E-state index contributed by atoms with van der Waals surface area (Å²) in [5.41, 5.74) is 4.53. The van der Waals surface area contributed by atoms with Crippen molar-refractivity contribution in [2.24, 2.45) is 0 Å². The molecular weight excluding hydrogens is 380 g/mol. The summed E-state index contributed by atoms with van der Waals surface area (Å²) in [5, 5.41) is 2.86. The van der Waals surface area contributed by atoms with Crippen LogP contribution in [0.15, 0.2) is 36.4 Å². The number of hydrogen-bond donors (Lipinski definition) is 1. The number of methoxy groups -OCH3 is 1. The second-order valence-corrected chi connectivity index (χ2v) is 6.58. The Kier molecular flexibility index (Phi) is 7.43. The zero-order valence-corrected chi connectivity index (χ0v) is 17.1. The van der Waals surface area contributed by atoms with Crippen molar-refractivity contribution in [1.29, 1.82) is 0 Å². The first-order valence-electron chi connectivity index (χ1n) is 8.93. The van der Waals surface area contributed by atoms with Crippen molar-refractivity contribution in [3.63, 3.8) is 0 Å². The maximum Gasteiger partial charge on any atom is 0.340 e. The van der Waals surface area contributed by atoms with Gasteiger partial charge in [-0.2, -0.15) is 0 Å². The standard InChI is InChI=1S/C21H24N2O4.ClH/c1-14-4-5-16(12-15(14)2)20(24)22-17-6-7-19(18(13-17)21(25)26-3)23-8-10-27-11-9-23;/h4-7,12-13H,8-11H2,1-3H3,(H,22,24);1H. The van der Waals surface area contributed by atoms with E-state index in [-0.39, 0.29) is 18.3 Å². The van der Waals surface area contributed by atoms with Gasteiger partial charge in [-0.1, -0.05) is 6.07 Å². The Bertz CT molecular complexity index is 863. The van der Waals surface area contributed by atoms with Gasteiger partial charge in [0.2, 0.25) is 0 Å². The molecular formula is C21H25ClN2O4. The van der Waals surface area contributed by atoms with E-state index in [0.29, 0.717) is 43.1 Å². The average molecular weight is 405 g/mol. The molecule has 1 amide bonds. The Labute approximate surface area is 171 Å². The van der Waals surface area contributed by atoms with Gasteiger partial charge < -0.3 is 19.7 Å². The van der Waals surface area contributed by atoms with Gasteiger partial charge in [0.25, 0.3) is 5.91 Å². The lowest BCUT2D eigenvalue weighted by Crippen LogP contribution is -2.37. The molecule has 0 unspecified atom stereocenters. The van der Waals surface area contributed by atoms with Gasteiger partial charge in [-0.3, -0.25) is 4.79 Å². The van der Waals surface area contributed by atoms with Crippen LogP contribution in [-0.2, 0) is 9.47 Å². The highest BCUT2D eigenvalue weighted by molar-refractivity contribution is 6.05. The average Bonchev–Trinajstić information content (AvgIpc) is 2.70. The van der Waals surface area contributed by atoms with E-state index in [9.17, 15) is 9.59 Å². The van der Waals surface area contributed by atoms with Crippen molar-refractivity contribution in [3.05, 3.63) is 58.7 Å². The molecule has 0 aliphatic carbocycles. The lowest BCUT2D eigenvalue weighted by atomic mass is 10.1. The normalized spacial score (nSPS) is 13.5. The third-order valence-electron chi connectivity index (χ3n) is 4.78. The fourth-order valence-corrected chi connectivity index (χ4v) is 3.05. The van der Waals surface area contributed by atoms with Crippen LogP contribution in [0.25, 0.3) is 0 Å². The molecule has 0 spiro atoms. The second kappa shape index (κ2) is 9.57. The quantitative estimate of drug-likeness (QED) is 0.788. The number of halogens is 1. The van der Waals surface area contributed by atoms with E-state index in [4.69, 9.17) is 9.47 Å². The lowest BCUT2D eigenvalue weighted by Gasteiger charge is -2.30. The molecule has 0 saturated carbocycles. The molecule has 7 heteroatoms. The van der Waals surface area contributed by atoms with Crippen LogP contribution in [0, 0.1) is 13.8 Å². The molecule has 2 aromatic carbocycles. The monoisotopic (exact) mass is 404 g/mol. The van der Waals surface area contributed by atoms with Crippen molar-refractivity contribution in [1.82, 2.24) is 0 Å². The van der Waals surface area contributed by atoms with Gasteiger partial charge >= 0.3 is 5.97 Å². The number of morpholine rings is 1. The Morgan fingerprint density at radius 1 is 1.04 bits per heavy atom. The smallest absolute Gasteiger partial charge is 0.340 e. The Morgan fingerprint density at radius 3 is 2.39 bits per heavy atom. The van der Waals surface area contributed by atoms with E-state index in [0.717, 1.165) is 16.8 Å². The highest BCUT2D eigenvalue weighted by Gasteiger charge is 2.20. The number of esters is 1. The Balaban J connectivity index is 0.00000280. The van der Waals surface area contributed by atoms with Crippen molar-refractivity contribution in [2.75, 3.05) is 43.6 Å². The van der Waals surface area contributed by atoms with Gasteiger partial charge in [0.05, 0.1) is 31.6 Å². The predicted octanol–water partition coefficient (Wildman–Crippen LogP) is 3.60. The minimum Gasteiger partial charge on any atom is -0.465 e. The highest BCUT2D eigenvalue weighted by atomic mass is 35.5. The number of ether oxygens (including phenoxy) is 2. The van der Waals surface area contributed by atoms with Crippen LogP contribution >= 0.6 is 12.4 Å². The van der Waals surface area contributed by atoms with Gasteiger partial charge in [-0.15, -0.1) is 12.4 Å². The van der Waals surface area contributed by atoms with Crippen molar-refractivity contribution in [3.8, 4) is 0 Å². The SMILES string of the molecule is COC(=O)c1cc(NC(=O)c2ccc(C)c(C)c2)ccc1N1CCOCC1.Cl. The van der Waals surface area contributed by atoms with Gasteiger partial charge in [0, 0.05) is 24.3 Å². The molecule has 0 radical (unpaired) electrons. The molecule has 1 fully saturated rings. The first kappa shape index (κ1) is 21.7. The molecule has 1 heterocycles. The molecule has 6 nitrogen and oxygen atoms in total. The van der Waals surface area contributed by atoms with Crippen molar-refractivity contribution in [2.45, 2.75) is 13.8 Å². The number of carbonyl (C=O) groups excluding carboxylic acids is 2. The summed E-state index contributed by atoms with van der Waals surface area (Å²) in [6, 6.07) is 10.9. The number of amides is 1. The molecule has 0 bridgehead atoms. The van der Waals surface area contributed by atoms with E-state index in [1.807, 2.05) is 32.0 Å². The second-order valence-electron chi connectivity index (χ2n) is 6.58. The number of aryl methyl sites for hydroxylation is 2. The number of benzene rings is 2. The van der Waals surface area contributed by atoms with E-state index in [2.05, 4.69) is 10.2 Å². The first-order valence-corrected chi connectivity index (χ1v) is 8.93. The van der Waals surface area contributed by atoms with Crippen molar-refractivity contribution < 1.29 is 19.1 Å². The fraction of sp³-hybridized carbons (Fsp3) is 0.333. The summed E-state index contributed by atoms with van der Waals surface area (Å²) in [5.74, 6) is -0.646. The highest BCUT2D eigenvalue weighted by Crippen LogP contribution is 2.26. The van der Waals surface area contributed by atoms with Gasteiger partial charge in [0.15, 0.2) is 0 Å². The minimum absolute atomic E-state index is 0. The zero-order valence-electron chi connectivity index (χ0n) is 16.3. The van der Waals surface area contributed by atoms with E-state index in [1.54, 1.807) is 18.2 Å². The summed E-state index contributed by atoms with van der Waals surface area (Å²) in [4.78, 5) is 26.9. The molecule has 0 aromatic heterocycles. The third-order valence-corrected chi connectivity index (χ3v) is 4.78. The van der Waals surface area contributed by atoms with Crippen LogP contribution in [0.3, 0.4) is 0 Å². The summed E-state index contributed by atoms with van der Waals surface area (Å²) >= 11 is 0. The van der Waals surface area contributed by atoms with Crippen molar-refractivity contribution >= 4 is 35.7 Å². The zero-order chi connectivity index (χ0) is 19.4. The molecule has 1 saturated heterocycles. The summed E-state index contributed by atoms with van der Waals surface area (Å²) in [6.45, 7) is 6.62. The number of nitrogens with zero attached hydrogens (tertiary/aromatic N) is 1. The largest absolute Gasteiger partial charge is 0.465 e. The number of hydrogen-bond acceptors (Lipinski definition) is 5. The van der Waals surface area contributed by atoms with Crippen LogP contribution in [0.4, 0.5) is 11.4 Å². The summed E-state index contributed by atoms with van der Waals surface area (Å²) in [7, 11) is 1.35. The van der Waals surface area contributed by atoms with Crippen LogP contribution in [-0.4, -0.2) is 45.3 Å². The topological polar surface area (TPSA) is 67.9 Å². The molecule has 3 rings (SSSR count). The van der Waals surface area contributed by atoms with Crippen LogP contribution in [0.1, 0.15) is 31.8 Å². The van der Waals surface area contributed by atoms with Crippen LogP contribution < -0.4 is 10.2 Å². The molecule has 2 aromatic rings. The molecule has 28 heavy (non-hydrogen) atoms. The molecule has 150 valence electrons. The summed E-state index contributed by atoms with van der Waals surface area (Å²) < 4.78 is 10.3. The van der Waals surface area contributed by atoms with E-state index < -0.39 is 5.97 Å². The molecule has 1 aliphatic rings. The maximum absolute atomic E-state index is 12.6. The van der Waals surface area contributed by atoms with Gasteiger partial charge in [0.1, 0.15) is 0 Å². The van der Waals surface area contributed by atoms with Crippen LogP contribution in [0.2, 0.25) is 0 Å². The summed E-state index contributed by atoms with van der Waals surface area (Å²) in [6.07, 6.45) is 0. The predicted molar refractivity (Wildman–Crippen MR) is 112 cm³/mol. The van der Waals surface area contributed by atoms with E-state index >= 15 is 0 Å². The Hall–Kier alpha value is -2.57. The van der Waals surface area contributed by atoms with Gasteiger partial charge in [-0.25, -0.2) is 4.79 Å². The Morgan fingerprint density at radius 2 is 1.75 bits per heavy atom. The molecule has 1 N–H and O–H groups in total. The van der Waals surface area contributed by atoms with E-state index in [1.165, 1.54) is 7.11 Å². The number of nitrogens with one attached hydrogen (secondary N) is 1. The lowest BCUT2D eigenvalue weighted by molar-refractivity contribution is 0.0600.